The Morgan fingerprint density at radius 3 is 2.48 bits per heavy atom. The molecule has 0 saturated carbocycles. The third-order valence-electron chi connectivity index (χ3n) is 4.71. The maximum absolute atomic E-state index is 12.6. The molecule has 1 aliphatic rings. The van der Waals surface area contributed by atoms with E-state index in [0.717, 1.165) is 16.7 Å². The van der Waals surface area contributed by atoms with Crippen LogP contribution in [0.3, 0.4) is 0 Å². The number of nitrogens with one attached hydrogen (secondary N) is 1. The van der Waals surface area contributed by atoms with Gasteiger partial charge in [0, 0.05) is 17.2 Å². The van der Waals surface area contributed by atoms with Crippen molar-refractivity contribution in [1.82, 2.24) is 0 Å². The summed E-state index contributed by atoms with van der Waals surface area (Å²) in [4.78, 5) is 37.3. The van der Waals surface area contributed by atoms with Gasteiger partial charge in [-0.1, -0.05) is 29.8 Å². The fraction of sp³-hybridized carbons (Fsp3) is 0.174. The van der Waals surface area contributed by atoms with Crippen molar-refractivity contribution in [3.05, 3.63) is 63.8 Å². The average Bonchev–Trinajstić information content (AvgIpc) is 3.41. The van der Waals surface area contributed by atoms with Crippen LogP contribution in [0.2, 0.25) is 0 Å². The van der Waals surface area contributed by atoms with Crippen LogP contribution < -0.4 is 14.8 Å². The number of ether oxygens (including phenoxy) is 3. The van der Waals surface area contributed by atoms with Gasteiger partial charge in [0.15, 0.2) is 23.9 Å². The molecule has 1 amide bonds. The Bertz CT molecular complexity index is 1170. The number of carbonyl (C=O) groups is 3. The minimum absolute atomic E-state index is 0.0474. The number of carbonyl (C=O) groups excluding carboxylic acids is 3. The Labute approximate surface area is 182 Å². The highest BCUT2D eigenvalue weighted by molar-refractivity contribution is 7.12. The van der Waals surface area contributed by atoms with Crippen molar-refractivity contribution < 1.29 is 28.6 Å². The van der Waals surface area contributed by atoms with Crippen LogP contribution in [-0.4, -0.2) is 31.1 Å². The number of rotatable bonds is 6. The fourth-order valence-electron chi connectivity index (χ4n) is 3.15. The van der Waals surface area contributed by atoms with Crippen molar-refractivity contribution in [1.29, 1.82) is 0 Å². The first-order valence-corrected chi connectivity index (χ1v) is 10.4. The maximum atomic E-state index is 12.6. The number of fused-ring (bicyclic) bond motifs is 1. The van der Waals surface area contributed by atoms with Gasteiger partial charge in [-0.15, -0.1) is 11.3 Å². The molecule has 158 valence electrons. The predicted molar refractivity (Wildman–Crippen MR) is 116 cm³/mol. The van der Waals surface area contributed by atoms with Gasteiger partial charge in [0.1, 0.15) is 4.88 Å². The van der Waals surface area contributed by atoms with Crippen LogP contribution in [-0.2, 0) is 9.53 Å². The molecule has 0 spiro atoms. The molecule has 31 heavy (non-hydrogen) atoms. The minimum Gasteiger partial charge on any atom is -0.454 e. The zero-order valence-electron chi connectivity index (χ0n) is 16.9. The van der Waals surface area contributed by atoms with Crippen molar-refractivity contribution in [2.24, 2.45) is 0 Å². The molecule has 1 aromatic heterocycles. The summed E-state index contributed by atoms with van der Waals surface area (Å²) in [6.07, 6.45) is 0. The lowest BCUT2D eigenvalue weighted by atomic mass is 10.1. The smallest absolute Gasteiger partial charge is 0.349 e. The molecule has 8 heteroatoms. The highest BCUT2D eigenvalue weighted by Gasteiger charge is 2.22. The lowest BCUT2D eigenvalue weighted by Crippen LogP contribution is -2.22. The van der Waals surface area contributed by atoms with Crippen LogP contribution in [0.1, 0.15) is 32.5 Å². The number of esters is 1. The second-order valence-electron chi connectivity index (χ2n) is 6.96. The third kappa shape index (κ3) is 4.44. The SMILES string of the molecule is CC(=O)c1cc2c(cc1NC(=O)COC(=O)c1sccc1-c1ccc(C)cc1)OCO2. The number of thiophene rings is 1. The molecule has 0 atom stereocenters. The van der Waals surface area contributed by atoms with Gasteiger partial charge in [0.25, 0.3) is 5.91 Å². The summed E-state index contributed by atoms with van der Waals surface area (Å²) in [5.41, 5.74) is 3.33. The normalized spacial score (nSPS) is 11.8. The number of hydrogen-bond donors (Lipinski definition) is 1. The quantitative estimate of drug-likeness (QED) is 0.453. The number of benzene rings is 2. The molecule has 2 aromatic carbocycles. The van der Waals surface area contributed by atoms with Crippen LogP contribution in [0, 0.1) is 6.92 Å². The van der Waals surface area contributed by atoms with E-state index in [0.29, 0.717) is 16.4 Å². The molecule has 0 radical (unpaired) electrons. The summed E-state index contributed by atoms with van der Waals surface area (Å²) < 4.78 is 15.8. The fourth-order valence-corrected chi connectivity index (χ4v) is 3.96. The number of Topliss-reactive ketones (excluding diaryl/α,β-unsaturated/α-hetero) is 1. The van der Waals surface area contributed by atoms with Gasteiger partial charge in [-0.3, -0.25) is 9.59 Å². The van der Waals surface area contributed by atoms with E-state index in [9.17, 15) is 14.4 Å². The van der Waals surface area contributed by atoms with E-state index < -0.39 is 18.5 Å². The number of hydrogen-bond acceptors (Lipinski definition) is 7. The first-order valence-electron chi connectivity index (χ1n) is 9.48. The first-order chi connectivity index (χ1) is 14.9. The van der Waals surface area contributed by atoms with E-state index in [1.165, 1.54) is 30.4 Å². The Hall–Kier alpha value is -3.65. The van der Waals surface area contributed by atoms with Gasteiger partial charge in [0.2, 0.25) is 6.79 Å². The van der Waals surface area contributed by atoms with E-state index in [1.54, 1.807) is 5.38 Å². The standard InChI is InChI=1S/C23H19NO6S/c1-13-3-5-15(6-4-13)16-7-8-31-22(16)23(27)28-11-21(26)24-18-10-20-19(29-12-30-20)9-17(18)14(2)25/h3-10H,11-12H2,1-2H3,(H,24,26). The first kappa shape index (κ1) is 20.6. The van der Waals surface area contributed by atoms with Crippen molar-refractivity contribution in [2.45, 2.75) is 13.8 Å². The molecule has 7 nitrogen and oxygen atoms in total. The van der Waals surface area contributed by atoms with Gasteiger partial charge in [-0.25, -0.2) is 4.79 Å². The number of anilines is 1. The number of amides is 1. The molecule has 0 saturated heterocycles. The lowest BCUT2D eigenvalue weighted by Gasteiger charge is -2.11. The highest BCUT2D eigenvalue weighted by Crippen LogP contribution is 2.37. The van der Waals surface area contributed by atoms with Crippen molar-refractivity contribution in [3.63, 3.8) is 0 Å². The Balaban J connectivity index is 1.44. The van der Waals surface area contributed by atoms with Crippen LogP contribution in [0.4, 0.5) is 5.69 Å². The molecule has 0 fully saturated rings. The summed E-state index contributed by atoms with van der Waals surface area (Å²) in [6, 6.07) is 12.7. The van der Waals surface area contributed by atoms with Gasteiger partial charge in [-0.05, 0) is 36.9 Å². The van der Waals surface area contributed by atoms with Crippen molar-refractivity contribution in [3.8, 4) is 22.6 Å². The molecular weight excluding hydrogens is 418 g/mol. The molecule has 1 aliphatic heterocycles. The van der Waals surface area contributed by atoms with Gasteiger partial charge < -0.3 is 19.5 Å². The van der Waals surface area contributed by atoms with E-state index >= 15 is 0 Å². The molecule has 0 aliphatic carbocycles. The second-order valence-corrected chi connectivity index (χ2v) is 7.88. The van der Waals surface area contributed by atoms with Gasteiger partial charge in [-0.2, -0.15) is 0 Å². The molecule has 0 unspecified atom stereocenters. The summed E-state index contributed by atoms with van der Waals surface area (Å²) in [5, 5.41) is 4.41. The third-order valence-corrected chi connectivity index (χ3v) is 5.61. The molecule has 3 aromatic rings. The summed E-state index contributed by atoms with van der Waals surface area (Å²) in [7, 11) is 0. The molecule has 4 rings (SSSR count). The predicted octanol–water partition coefficient (Wildman–Crippen LogP) is 4.45. The van der Waals surface area contributed by atoms with Gasteiger partial charge in [0.05, 0.1) is 5.69 Å². The monoisotopic (exact) mass is 437 g/mol. The summed E-state index contributed by atoms with van der Waals surface area (Å²) in [5.74, 6) is -0.525. The average molecular weight is 437 g/mol. The van der Waals surface area contributed by atoms with Crippen LogP contribution in [0.5, 0.6) is 11.5 Å². The Morgan fingerprint density at radius 2 is 1.77 bits per heavy atom. The summed E-state index contributed by atoms with van der Waals surface area (Å²) >= 11 is 1.25. The lowest BCUT2D eigenvalue weighted by molar-refractivity contribution is -0.119. The Kier molecular flexibility index (Phi) is 5.73. The summed E-state index contributed by atoms with van der Waals surface area (Å²) in [6.45, 7) is 2.93. The molecule has 1 N–H and O–H groups in total. The minimum atomic E-state index is -0.585. The zero-order valence-corrected chi connectivity index (χ0v) is 17.7. The number of ketones is 1. The van der Waals surface area contributed by atoms with Crippen LogP contribution >= 0.6 is 11.3 Å². The van der Waals surface area contributed by atoms with E-state index in [1.807, 2.05) is 37.3 Å². The van der Waals surface area contributed by atoms with Gasteiger partial charge >= 0.3 is 5.97 Å². The molecular formula is C23H19NO6S. The molecule has 2 heterocycles. The Morgan fingerprint density at radius 1 is 1.06 bits per heavy atom. The topological polar surface area (TPSA) is 90.9 Å². The number of aryl methyl sites for hydroxylation is 1. The zero-order chi connectivity index (χ0) is 22.0. The van der Waals surface area contributed by atoms with Crippen molar-refractivity contribution >= 4 is 34.7 Å². The van der Waals surface area contributed by atoms with Crippen molar-refractivity contribution in [2.75, 3.05) is 18.7 Å². The largest absolute Gasteiger partial charge is 0.454 e. The second kappa shape index (κ2) is 8.61. The molecule has 0 bridgehead atoms. The maximum Gasteiger partial charge on any atom is 0.349 e. The van der Waals surface area contributed by atoms with Crippen LogP contribution in [0.15, 0.2) is 47.8 Å². The van der Waals surface area contributed by atoms with E-state index in [2.05, 4.69) is 5.32 Å². The van der Waals surface area contributed by atoms with Crippen LogP contribution in [0.25, 0.3) is 11.1 Å². The highest BCUT2D eigenvalue weighted by atomic mass is 32.1. The van der Waals surface area contributed by atoms with E-state index in [4.69, 9.17) is 14.2 Å². The van der Waals surface area contributed by atoms with E-state index in [-0.39, 0.29) is 23.8 Å².